The van der Waals surface area contributed by atoms with Crippen molar-refractivity contribution in [3.63, 3.8) is 0 Å². The normalized spacial score (nSPS) is 16.3. The number of anilines is 2. The van der Waals surface area contributed by atoms with Gasteiger partial charge in [0, 0.05) is 37.1 Å². The lowest BCUT2D eigenvalue weighted by Gasteiger charge is -2.18. The van der Waals surface area contributed by atoms with Crippen LogP contribution in [0.2, 0.25) is 0 Å². The molecule has 32 heavy (non-hydrogen) atoms. The molecular weight excluding hydrogens is 425 g/mol. The van der Waals surface area contributed by atoms with Gasteiger partial charge < -0.3 is 15.0 Å². The number of amides is 2. The summed E-state index contributed by atoms with van der Waals surface area (Å²) in [6, 6.07) is 11.5. The quantitative estimate of drug-likeness (QED) is 0.648. The average molecular weight is 444 g/mol. The van der Waals surface area contributed by atoms with Crippen molar-refractivity contribution in [3.05, 3.63) is 66.5 Å². The Hall–Kier alpha value is -3.82. The first-order valence-corrected chi connectivity index (χ1v) is 9.73. The second-order valence-electron chi connectivity index (χ2n) is 7.28. The van der Waals surface area contributed by atoms with E-state index >= 15 is 0 Å². The monoisotopic (exact) mass is 444 g/mol. The predicted molar refractivity (Wildman–Crippen MR) is 111 cm³/mol. The van der Waals surface area contributed by atoms with Gasteiger partial charge in [0.1, 0.15) is 5.75 Å². The van der Waals surface area contributed by atoms with Gasteiger partial charge in [0.25, 0.3) is 0 Å². The number of benzene rings is 2. The highest BCUT2D eigenvalue weighted by Gasteiger charge is 2.36. The van der Waals surface area contributed by atoms with Gasteiger partial charge in [0.05, 0.1) is 30.0 Å². The van der Waals surface area contributed by atoms with E-state index in [1.807, 2.05) is 0 Å². The summed E-state index contributed by atoms with van der Waals surface area (Å²) in [6.45, 7) is 0.105. The van der Waals surface area contributed by atoms with Gasteiger partial charge in [0.2, 0.25) is 11.8 Å². The number of methoxy groups -OCH3 is 1. The van der Waals surface area contributed by atoms with E-state index in [1.54, 1.807) is 36.5 Å². The molecule has 1 atom stereocenters. The molecule has 166 valence electrons. The third kappa shape index (κ3) is 4.29. The number of ether oxygens (including phenoxy) is 1. The van der Waals surface area contributed by atoms with Gasteiger partial charge in [-0.2, -0.15) is 18.3 Å². The second kappa shape index (κ2) is 8.37. The molecular formula is C22H19F3N4O3. The SMILES string of the molecule is COc1cccc(N2CC(C(=O)Nc3cc(C(F)(F)F)ccc3-n3cccn3)CC2=O)c1. The van der Waals surface area contributed by atoms with Crippen molar-refractivity contribution in [2.24, 2.45) is 5.92 Å². The Labute approximate surface area is 181 Å². The fraction of sp³-hybridized carbons (Fsp3) is 0.227. The fourth-order valence-electron chi connectivity index (χ4n) is 3.57. The molecule has 0 saturated carbocycles. The maximum absolute atomic E-state index is 13.2. The Morgan fingerprint density at radius 2 is 2.00 bits per heavy atom. The molecule has 7 nitrogen and oxygen atoms in total. The van der Waals surface area contributed by atoms with Crippen LogP contribution in [0.1, 0.15) is 12.0 Å². The topological polar surface area (TPSA) is 76.5 Å². The zero-order chi connectivity index (χ0) is 22.9. The highest BCUT2D eigenvalue weighted by Crippen LogP contribution is 2.34. The first-order valence-electron chi connectivity index (χ1n) is 9.73. The van der Waals surface area contributed by atoms with E-state index in [0.29, 0.717) is 11.4 Å². The number of hydrogen-bond donors (Lipinski definition) is 1. The predicted octanol–water partition coefficient (Wildman–Crippen LogP) is 3.89. The number of carbonyl (C=O) groups is 2. The van der Waals surface area contributed by atoms with Gasteiger partial charge in [-0.3, -0.25) is 9.59 Å². The number of nitrogens with zero attached hydrogens (tertiary/aromatic N) is 3. The second-order valence-corrected chi connectivity index (χ2v) is 7.28. The molecule has 1 aliphatic rings. The zero-order valence-electron chi connectivity index (χ0n) is 17.0. The smallest absolute Gasteiger partial charge is 0.416 e. The first kappa shape index (κ1) is 21.4. The molecule has 0 spiro atoms. The molecule has 10 heteroatoms. The largest absolute Gasteiger partial charge is 0.497 e. The molecule has 1 fully saturated rings. The summed E-state index contributed by atoms with van der Waals surface area (Å²) in [7, 11) is 1.51. The summed E-state index contributed by atoms with van der Waals surface area (Å²) in [5, 5.41) is 6.60. The molecule has 2 aromatic carbocycles. The molecule has 1 saturated heterocycles. The Balaban J connectivity index is 1.58. The Morgan fingerprint density at radius 3 is 2.69 bits per heavy atom. The van der Waals surface area contributed by atoms with Crippen molar-refractivity contribution in [2.45, 2.75) is 12.6 Å². The molecule has 2 heterocycles. The van der Waals surface area contributed by atoms with E-state index in [0.717, 1.165) is 12.1 Å². The van der Waals surface area contributed by atoms with Crippen LogP contribution in [-0.2, 0) is 15.8 Å². The lowest BCUT2D eigenvalue weighted by molar-refractivity contribution is -0.137. The number of carbonyl (C=O) groups excluding carboxylic acids is 2. The number of hydrogen-bond acceptors (Lipinski definition) is 4. The highest BCUT2D eigenvalue weighted by molar-refractivity contribution is 6.04. The van der Waals surface area contributed by atoms with Crippen molar-refractivity contribution in [1.29, 1.82) is 0 Å². The van der Waals surface area contributed by atoms with E-state index < -0.39 is 23.6 Å². The molecule has 1 unspecified atom stereocenters. The van der Waals surface area contributed by atoms with Gasteiger partial charge in [-0.15, -0.1) is 0 Å². The average Bonchev–Trinajstić information content (AvgIpc) is 3.43. The van der Waals surface area contributed by atoms with E-state index in [4.69, 9.17) is 4.74 Å². The number of rotatable bonds is 5. The van der Waals surface area contributed by atoms with Gasteiger partial charge >= 0.3 is 6.18 Å². The van der Waals surface area contributed by atoms with Crippen LogP contribution in [0.4, 0.5) is 24.5 Å². The fourth-order valence-corrected chi connectivity index (χ4v) is 3.57. The molecule has 1 aromatic heterocycles. The third-order valence-electron chi connectivity index (χ3n) is 5.19. The Morgan fingerprint density at radius 1 is 1.19 bits per heavy atom. The van der Waals surface area contributed by atoms with Crippen LogP contribution in [-0.4, -0.2) is 35.2 Å². The summed E-state index contributed by atoms with van der Waals surface area (Å²) in [4.78, 5) is 26.9. The molecule has 2 amide bonds. The molecule has 0 radical (unpaired) electrons. The Bertz CT molecular complexity index is 1150. The highest BCUT2D eigenvalue weighted by atomic mass is 19.4. The van der Waals surface area contributed by atoms with Crippen LogP contribution in [0.25, 0.3) is 5.69 Å². The van der Waals surface area contributed by atoms with Crippen LogP contribution < -0.4 is 15.0 Å². The van der Waals surface area contributed by atoms with Crippen molar-refractivity contribution in [1.82, 2.24) is 9.78 Å². The number of aromatic nitrogens is 2. The molecule has 3 aromatic rings. The van der Waals surface area contributed by atoms with Gasteiger partial charge in [-0.1, -0.05) is 6.07 Å². The van der Waals surface area contributed by atoms with Crippen LogP contribution in [0, 0.1) is 5.92 Å². The minimum absolute atomic E-state index is 0.0409. The van der Waals surface area contributed by atoms with Crippen molar-refractivity contribution in [3.8, 4) is 11.4 Å². The van der Waals surface area contributed by atoms with E-state index in [9.17, 15) is 22.8 Å². The standard InChI is InChI=1S/C22H19F3N4O3/c1-32-17-5-2-4-16(12-17)28-13-14(10-20(28)30)21(31)27-18-11-15(22(23,24)25)6-7-19(18)29-9-3-8-26-29/h2-9,11-12,14H,10,13H2,1H3,(H,27,31). The zero-order valence-corrected chi connectivity index (χ0v) is 17.0. The van der Waals surface area contributed by atoms with E-state index in [1.165, 1.54) is 29.0 Å². The number of alkyl halides is 3. The summed E-state index contributed by atoms with van der Waals surface area (Å²) in [5.41, 5.74) is -0.0729. The van der Waals surface area contributed by atoms with E-state index in [2.05, 4.69) is 10.4 Å². The minimum atomic E-state index is -4.57. The van der Waals surface area contributed by atoms with Gasteiger partial charge in [0.15, 0.2) is 0 Å². The maximum Gasteiger partial charge on any atom is 0.416 e. The summed E-state index contributed by atoms with van der Waals surface area (Å²) >= 11 is 0. The van der Waals surface area contributed by atoms with Gasteiger partial charge in [-0.05, 0) is 36.4 Å². The van der Waals surface area contributed by atoms with Crippen LogP contribution in [0.15, 0.2) is 60.9 Å². The molecule has 0 bridgehead atoms. The number of halogens is 3. The maximum atomic E-state index is 13.2. The molecule has 1 N–H and O–H groups in total. The third-order valence-corrected chi connectivity index (χ3v) is 5.19. The Kier molecular flexibility index (Phi) is 5.60. The molecule has 1 aliphatic heterocycles. The minimum Gasteiger partial charge on any atom is -0.497 e. The van der Waals surface area contributed by atoms with Crippen molar-refractivity contribution in [2.75, 3.05) is 23.9 Å². The van der Waals surface area contributed by atoms with E-state index in [-0.39, 0.29) is 30.2 Å². The van der Waals surface area contributed by atoms with Crippen LogP contribution in [0.3, 0.4) is 0 Å². The summed E-state index contributed by atoms with van der Waals surface area (Å²) < 4.78 is 46.2. The summed E-state index contributed by atoms with van der Waals surface area (Å²) in [6.07, 6.45) is -1.60. The van der Waals surface area contributed by atoms with Crippen molar-refractivity contribution >= 4 is 23.2 Å². The molecule has 0 aliphatic carbocycles. The van der Waals surface area contributed by atoms with Crippen molar-refractivity contribution < 1.29 is 27.5 Å². The van der Waals surface area contributed by atoms with Crippen LogP contribution >= 0.6 is 0 Å². The molecule has 4 rings (SSSR count). The van der Waals surface area contributed by atoms with Crippen LogP contribution in [0.5, 0.6) is 5.75 Å². The number of nitrogens with one attached hydrogen (secondary N) is 1. The first-order chi connectivity index (χ1) is 15.3. The van der Waals surface area contributed by atoms with Gasteiger partial charge in [-0.25, -0.2) is 4.68 Å². The lowest BCUT2D eigenvalue weighted by Crippen LogP contribution is -2.28. The lowest BCUT2D eigenvalue weighted by atomic mass is 10.1. The summed E-state index contributed by atoms with van der Waals surface area (Å²) in [5.74, 6) is -0.962.